The molecule has 6 nitrogen and oxygen atoms in total. The van der Waals surface area contributed by atoms with E-state index >= 15 is 0 Å². The zero-order chi connectivity index (χ0) is 10.3. The number of aliphatic hydroxyl groups excluding tert-OH is 1. The van der Waals surface area contributed by atoms with Crippen LogP contribution in [-0.2, 0) is 9.59 Å². The zero-order valence-corrected chi connectivity index (χ0v) is 7.54. The van der Waals surface area contributed by atoms with Crippen molar-refractivity contribution < 1.29 is 14.7 Å². The maximum Gasteiger partial charge on any atom is 0.247 e. The van der Waals surface area contributed by atoms with E-state index in [4.69, 9.17) is 10.8 Å². The summed E-state index contributed by atoms with van der Waals surface area (Å²) in [6.07, 6.45) is -1.24. The molecule has 0 bridgehead atoms. The largest absolute Gasteiger partial charge is 0.382 e. The van der Waals surface area contributed by atoms with Crippen LogP contribution in [0.15, 0.2) is 0 Å². The average molecular weight is 189 g/mol. The van der Waals surface area contributed by atoms with Crippen LogP contribution >= 0.6 is 0 Å². The Balaban J connectivity index is 3.44. The molecule has 0 heterocycles. The minimum absolute atomic E-state index is 0.00747. The fourth-order valence-corrected chi connectivity index (χ4v) is 0.683. The number of rotatable bonds is 6. The maximum absolute atomic E-state index is 10.8. The highest BCUT2D eigenvalue weighted by molar-refractivity contribution is 5.79. The van der Waals surface area contributed by atoms with E-state index < -0.39 is 12.0 Å². The predicted molar refractivity (Wildman–Crippen MR) is 46.8 cm³/mol. The van der Waals surface area contributed by atoms with Gasteiger partial charge in [-0.2, -0.15) is 0 Å². The van der Waals surface area contributed by atoms with Gasteiger partial charge in [-0.05, 0) is 6.92 Å². The summed E-state index contributed by atoms with van der Waals surface area (Å²) < 4.78 is 0. The summed E-state index contributed by atoms with van der Waals surface area (Å²) in [7, 11) is 0. The van der Waals surface area contributed by atoms with Gasteiger partial charge in [-0.15, -0.1) is 0 Å². The number of hydrogen-bond acceptors (Lipinski definition) is 4. The normalized spacial score (nSPS) is 12.2. The van der Waals surface area contributed by atoms with Gasteiger partial charge in [0.2, 0.25) is 11.8 Å². The zero-order valence-electron chi connectivity index (χ0n) is 7.54. The minimum atomic E-state index is -1.24. The fourth-order valence-electron chi connectivity index (χ4n) is 0.683. The quantitative estimate of drug-likeness (QED) is 0.372. The molecule has 0 aromatic heterocycles. The van der Waals surface area contributed by atoms with Crippen molar-refractivity contribution in [1.29, 1.82) is 0 Å². The number of carbonyl (C=O) groups is 2. The highest BCUT2D eigenvalue weighted by Gasteiger charge is 2.10. The molecule has 0 aromatic rings. The first-order valence-corrected chi connectivity index (χ1v) is 4.02. The van der Waals surface area contributed by atoms with E-state index in [9.17, 15) is 9.59 Å². The van der Waals surface area contributed by atoms with E-state index in [0.29, 0.717) is 6.54 Å². The summed E-state index contributed by atoms with van der Waals surface area (Å²) >= 11 is 0. The smallest absolute Gasteiger partial charge is 0.247 e. The molecule has 0 saturated carbocycles. The molecule has 0 aliphatic heterocycles. The van der Waals surface area contributed by atoms with Gasteiger partial charge in [0.15, 0.2) is 0 Å². The first kappa shape index (κ1) is 11.9. The number of amides is 2. The van der Waals surface area contributed by atoms with Gasteiger partial charge in [-0.25, -0.2) is 0 Å². The van der Waals surface area contributed by atoms with Gasteiger partial charge in [0.05, 0.1) is 6.54 Å². The molecular weight excluding hydrogens is 174 g/mol. The van der Waals surface area contributed by atoms with Crippen LogP contribution in [0.1, 0.15) is 6.92 Å². The standard InChI is InChI=1S/C7H15N3O3/c1-2-10-6(12)4-9-3-5(11)7(8)13/h5,9,11H,2-4H2,1H3,(H2,8,13)(H,10,12). The van der Waals surface area contributed by atoms with Crippen LogP contribution in [0.25, 0.3) is 0 Å². The Morgan fingerprint density at radius 3 is 2.62 bits per heavy atom. The van der Waals surface area contributed by atoms with Crippen LogP contribution in [0.5, 0.6) is 0 Å². The minimum Gasteiger partial charge on any atom is -0.382 e. The first-order chi connectivity index (χ1) is 6.07. The lowest BCUT2D eigenvalue weighted by Crippen LogP contribution is -2.41. The van der Waals surface area contributed by atoms with Crippen LogP contribution < -0.4 is 16.4 Å². The lowest BCUT2D eigenvalue weighted by molar-refractivity contribution is -0.126. The van der Waals surface area contributed by atoms with Crippen molar-refractivity contribution in [2.45, 2.75) is 13.0 Å². The number of nitrogens with one attached hydrogen (secondary N) is 2. The molecule has 0 saturated heterocycles. The van der Waals surface area contributed by atoms with Gasteiger partial charge in [0.25, 0.3) is 0 Å². The summed E-state index contributed by atoms with van der Waals surface area (Å²) in [5, 5.41) is 14.0. The van der Waals surface area contributed by atoms with Gasteiger partial charge in [0.1, 0.15) is 6.10 Å². The van der Waals surface area contributed by atoms with Gasteiger partial charge >= 0.3 is 0 Å². The molecule has 76 valence electrons. The van der Waals surface area contributed by atoms with E-state index in [1.807, 2.05) is 0 Å². The molecule has 1 atom stereocenters. The van der Waals surface area contributed by atoms with Crippen LogP contribution in [0, 0.1) is 0 Å². The molecular formula is C7H15N3O3. The second-order valence-electron chi connectivity index (χ2n) is 2.50. The summed E-state index contributed by atoms with van der Waals surface area (Å²) in [6.45, 7) is 2.42. The molecule has 5 N–H and O–H groups in total. The topological polar surface area (TPSA) is 104 Å². The Bertz CT molecular complexity index is 184. The summed E-state index contributed by atoms with van der Waals surface area (Å²) in [6, 6.07) is 0. The van der Waals surface area contributed by atoms with E-state index in [2.05, 4.69) is 10.6 Å². The molecule has 2 amide bonds. The third-order valence-corrected chi connectivity index (χ3v) is 1.33. The second kappa shape index (κ2) is 6.38. The number of hydrogen-bond donors (Lipinski definition) is 4. The Hall–Kier alpha value is -1.14. The van der Waals surface area contributed by atoms with E-state index in [1.54, 1.807) is 6.92 Å². The van der Waals surface area contributed by atoms with Crippen LogP contribution in [0.4, 0.5) is 0 Å². The molecule has 0 rings (SSSR count). The Morgan fingerprint density at radius 2 is 2.15 bits per heavy atom. The number of primary amides is 1. The van der Waals surface area contributed by atoms with Crippen LogP contribution in [-0.4, -0.2) is 42.7 Å². The van der Waals surface area contributed by atoms with Gasteiger partial charge < -0.3 is 21.5 Å². The van der Waals surface area contributed by atoms with Crippen LogP contribution in [0.3, 0.4) is 0 Å². The number of carbonyl (C=O) groups excluding carboxylic acids is 2. The van der Waals surface area contributed by atoms with Crippen molar-refractivity contribution in [2.75, 3.05) is 19.6 Å². The van der Waals surface area contributed by atoms with Crippen molar-refractivity contribution in [3.05, 3.63) is 0 Å². The van der Waals surface area contributed by atoms with Gasteiger partial charge in [-0.1, -0.05) is 0 Å². The van der Waals surface area contributed by atoms with E-state index in [-0.39, 0.29) is 19.0 Å². The Morgan fingerprint density at radius 1 is 1.54 bits per heavy atom. The van der Waals surface area contributed by atoms with Crippen LogP contribution in [0.2, 0.25) is 0 Å². The van der Waals surface area contributed by atoms with Crippen molar-refractivity contribution in [3.8, 4) is 0 Å². The highest BCUT2D eigenvalue weighted by atomic mass is 16.3. The molecule has 13 heavy (non-hydrogen) atoms. The molecule has 6 heteroatoms. The number of likely N-dealkylation sites (N-methyl/N-ethyl adjacent to an activating group) is 1. The summed E-state index contributed by atoms with van der Waals surface area (Å²) in [4.78, 5) is 21.2. The van der Waals surface area contributed by atoms with Gasteiger partial charge in [-0.3, -0.25) is 9.59 Å². The Kier molecular flexibility index (Phi) is 5.82. The molecule has 0 aliphatic rings. The summed E-state index contributed by atoms with van der Waals surface area (Å²) in [5.41, 5.74) is 4.78. The first-order valence-electron chi connectivity index (χ1n) is 4.02. The number of nitrogens with two attached hydrogens (primary N) is 1. The molecule has 0 aliphatic carbocycles. The lowest BCUT2D eigenvalue weighted by Gasteiger charge is -2.07. The SMILES string of the molecule is CCNC(=O)CNCC(O)C(N)=O. The lowest BCUT2D eigenvalue weighted by atomic mass is 10.3. The van der Waals surface area contributed by atoms with Crippen molar-refractivity contribution in [3.63, 3.8) is 0 Å². The second-order valence-corrected chi connectivity index (χ2v) is 2.50. The molecule has 0 fully saturated rings. The van der Waals surface area contributed by atoms with E-state index in [0.717, 1.165) is 0 Å². The van der Waals surface area contributed by atoms with E-state index in [1.165, 1.54) is 0 Å². The number of aliphatic hydroxyl groups is 1. The fraction of sp³-hybridized carbons (Fsp3) is 0.714. The van der Waals surface area contributed by atoms with Crippen molar-refractivity contribution >= 4 is 11.8 Å². The van der Waals surface area contributed by atoms with Crippen molar-refractivity contribution in [1.82, 2.24) is 10.6 Å². The third-order valence-electron chi connectivity index (χ3n) is 1.33. The summed E-state index contributed by atoms with van der Waals surface area (Å²) in [5.74, 6) is -0.984. The maximum atomic E-state index is 10.8. The van der Waals surface area contributed by atoms with Crippen molar-refractivity contribution in [2.24, 2.45) is 5.73 Å². The molecule has 1 unspecified atom stereocenters. The third kappa shape index (κ3) is 6.06. The molecule has 0 radical (unpaired) electrons. The highest BCUT2D eigenvalue weighted by Crippen LogP contribution is 1.76. The molecule has 0 aromatic carbocycles. The van der Waals surface area contributed by atoms with Gasteiger partial charge in [0, 0.05) is 13.1 Å². The predicted octanol–water partition coefficient (Wildman–Crippen LogP) is -2.44. The average Bonchev–Trinajstić information content (AvgIpc) is 2.04. The molecule has 0 spiro atoms. The monoisotopic (exact) mass is 189 g/mol. The Labute approximate surface area is 76.5 Å².